The van der Waals surface area contributed by atoms with Crippen molar-refractivity contribution < 1.29 is 0 Å². The summed E-state index contributed by atoms with van der Waals surface area (Å²) in [6.07, 6.45) is 0. The highest BCUT2D eigenvalue weighted by Crippen LogP contribution is 2.34. The van der Waals surface area contributed by atoms with Gasteiger partial charge >= 0.3 is 0 Å². The third kappa shape index (κ3) is 1.23. The van der Waals surface area contributed by atoms with Crippen LogP contribution >= 0.6 is 34.9 Å². The Morgan fingerprint density at radius 3 is 2.69 bits per heavy atom. The molecule has 2 rings (SSSR count). The third-order valence-electron chi connectivity index (χ3n) is 1.45. The SMILES string of the molecule is N#Cc1c(Cl)nc2nsnc(Cl)c1-2. The molecule has 0 aromatic carbocycles. The predicted molar refractivity (Wildman–Crippen MR) is 49.1 cm³/mol. The predicted octanol–water partition coefficient (Wildman–Crippen LogP) is 2.22. The van der Waals surface area contributed by atoms with Crippen LogP contribution in [0.25, 0.3) is 11.4 Å². The molecular weight excluding hydrogens is 231 g/mol. The van der Waals surface area contributed by atoms with Gasteiger partial charge in [0.1, 0.15) is 16.8 Å². The van der Waals surface area contributed by atoms with Crippen LogP contribution in [0, 0.1) is 11.3 Å². The molecular formula is C6Cl2N4S. The van der Waals surface area contributed by atoms with Gasteiger partial charge in [-0.3, -0.25) is 0 Å². The molecule has 2 heterocycles. The molecule has 0 aromatic rings. The van der Waals surface area contributed by atoms with E-state index in [1.165, 1.54) is 0 Å². The minimum absolute atomic E-state index is 0.118. The smallest absolute Gasteiger partial charge is 0.179 e. The van der Waals surface area contributed by atoms with Crippen molar-refractivity contribution in [2.75, 3.05) is 0 Å². The zero-order chi connectivity index (χ0) is 9.42. The van der Waals surface area contributed by atoms with Gasteiger partial charge in [-0.05, 0) is 0 Å². The summed E-state index contributed by atoms with van der Waals surface area (Å²) in [5.41, 5.74) is 0.655. The van der Waals surface area contributed by atoms with Crippen molar-refractivity contribution >= 4 is 34.9 Å². The van der Waals surface area contributed by atoms with Gasteiger partial charge in [0, 0.05) is 0 Å². The highest BCUT2D eigenvalue weighted by molar-refractivity contribution is 6.99. The van der Waals surface area contributed by atoms with Crippen LogP contribution in [0.15, 0.2) is 0 Å². The van der Waals surface area contributed by atoms with E-state index in [4.69, 9.17) is 28.5 Å². The first-order valence-electron chi connectivity index (χ1n) is 3.11. The summed E-state index contributed by atoms with van der Waals surface area (Å²) < 4.78 is 7.65. The molecule has 7 heteroatoms. The molecule has 0 saturated carbocycles. The molecule has 0 spiro atoms. The van der Waals surface area contributed by atoms with Crippen LogP contribution in [0.3, 0.4) is 0 Å². The highest BCUT2D eigenvalue weighted by Gasteiger charge is 2.21. The fourth-order valence-electron chi connectivity index (χ4n) is 0.924. The van der Waals surface area contributed by atoms with E-state index < -0.39 is 0 Å². The Kier molecular flexibility index (Phi) is 2.04. The zero-order valence-electron chi connectivity index (χ0n) is 5.95. The summed E-state index contributed by atoms with van der Waals surface area (Å²) in [6, 6.07) is 1.90. The number of aromatic nitrogens is 3. The van der Waals surface area contributed by atoms with Crippen molar-refractivity contribution in [2.45, 2.75) is 0 Å². The monoisotopic (exact) mass is 230 g/mol. The number of fused-ring (bicyclic) bond motifs is 1. The lowest BCUT2D eigenvalue weighted by molar-refractivity contribution is 1.29. The molecule has 0 aliphatic carbocycles. The van der Waals surface area contributed by atoms with Crippen molar-refractivity contribution in [3.05, 3.63) is 15.9 Å². The molecule has 0 saturated heterocycles. The first kappa shape index (κ1) is 8.63. The second kappa shape index (κ2) is 3.07. The molecule has 64 valence electrons. The van der Waals surface area contributed by atoms with Gasteiger partial charge in [-0.1, -0.05) is 23.2 Å². The maximum absolute atomic E-state index is 8.74. The van der Waals surface area contributed by atoms with Crippen molar-refractivity contribution in [1.29, 1.82) is 5.26 Å². The average molecular weight is 231 g/mol. The van der Waals surface area contributed by atoms with Gasteiger partial charge in [0.2, 0.25) is 0 Å². The highest BCUT2D eigenvalue weighted by atomic mass is 35.5. The van der Waals surface area contributed by atoms with E-state index in [9.17, 15) is 0 Å². The summed E-state index contributed by atoms with van der Waals surface area (Å²) in [5, 5.41) is 9.08. The van der Waals surface area contributed by atoms with Crippen molar-refractivity contribution in [3.8, 4) is 17.5 Å². The summed E-state index contributed by atoms with van der Waals surface area (Å²) in [6.45, 7) is 0. The summed E-state index contributed by atoms with van der Waals surface area (Å²) in [7, 11) is 0. The Labute approximate surface area is 87.4 Å². The molecule has 0 bridgehead atoms. The Balaban J connectivity index is 2.88. The van der Waals surface area contributed by atoms with Gasteiger partial charge in [0.25, 0.3) is 0 Å². The van der Waals surface area contributed by atoms with Crippen molar-refractivity contribution in [2.24, 2.45) is 0 Å². The minimum atomic E-state index is 0.118. The van der Waals surface area contributed by atoms with E-state index in [0.717, 1.165) is 11.7 Å². The summed E-state index contributed by atoms with van der Waals surface area (Å²) in [4.78, 5) is 3.86. The molecule has 0 unspecified atom stereocenters. The fraction of sp³-hybridized carbons (Fsp3) is 0. The number of nitrogens with zero attached hydrogens (tertiary/aromatic N) is 4. The van der Waals surface area contributed by atoms with E-state index in [2.05, 4.69) is 13.7 Å². The second-order valence-electron chi connectivity index (χ2n) is 2.14. The fourth-order valence-corrected chi connectivity index (χ4v) is 1.83. The number of rotatable bonds is 0. The Morgan fingerprint density at radius 1 is 1.23 bits per heavy atom. The van der Waals surface area contributed by atoms with Gasteiger partial charge in [-0.2, -0.15) is 14.0 Å². The molecule has 0 amide bonds. The number of nitriles is 1. The van der Waals surface area contributed by atoms with Crippen LogP contribution in [-0.2, 0) is 0 Å². The molecule has 13 heavy (non-hydrogen) atoms. The Hall–Kier alpha value is -0.960. The molecule has 0 aromatic heterocycles. The number of hydrogen-bond acceptors (Lipinski definition) is 5. The van der Waals surface area contributed by atoms with E-state index in [1.807, 2.05) is 6.07 Å². The van der Waals surface area contributed by atoms with Gasteiger partial charge in [0.05, 0.1) is 17.3 Å². The lowest BCUT2D eigenvalue weighted by atomic mass is 10.2. The summed E-state index contributed by atoms with van der Waals surface area (Å²) in [5.74, 6) is 0.367. The normalized spacial score (nSPS) is 10.2. The van der Waals surface area contributed by atoms with E-state index in [0.29, 0.717) is 11.4 Å². The second-order valence-corrected chi connectivity index (χ2v) is 3.39. The minimum Gasteiger partial charge on any atom is -0.214 e. The van der Waals surface area contributed by atoms with Crippen LogP contribution in [0.5, 0.6) is 0 Å². The Morgan fingerprint density at radius 2 is 2.00 bits per heavy atom. The van der Waals surface area contributed by atoms with Crippen LogP contribution in [0.1, 0.15) is 5.56 Å². The Bertz CT molecular complexity index is 474. The third-order valence-corrected chi connectivity index (χ3v) is 2.62. The van der Waals surface area contributed by atoms with Gasteiger partial charge in [-0.25, -0.2) is 4.98 Å². The van der Waals surface area contributed by atoms with Gasteiger partial charge in [0.15, 0.2) is 11.0 Å². The maximum Gasteiger partial charge on any atom is 0.179 e. The summed E-state index contributed by atoms with van der Waals surface area (Å²) >= 11 is 12.4. The van der Waals surface area contributed by atoms with E-state index >= 15 is 0 Å². The van der Waals surface area contributed by atoms with Gasteiger partial charge < -0.3 is 0 Å². The van der Waals surface area contributed by atoms with Crippen LogP contribution in [0.2, 0.25) is 10.3 Å². The molecule has 0 fully saturated rings. The van der Waals surface area contributed by atoms with Gasteiger partial charge in [-0.15, -0.1) is 0 Å². The quantitative estimate of drug-likeness (QED) is 0.697. The van der Waals surface area contributed by atoms with Crippen molar-refractivity contribution in [1.82, 2.24) is 13.7 Å². The van der Waals surface area contributed by atoms with Crippen LogP contribution in [0.4, 0.5) is 0 Å². The zero-order valence-corrected chi connectivity index (χ0v) is 8.28. The lowest BCUT2D eigenvalue weighted by Crippen LogP contribution is -1.85. The average Bonchev–Trinajstić information content (AvgIpc) is 2.42. The molecule has 0 atom stereocenters. The topological polar surface area (TPSA) is 62.5 Å². The maximum atomic E-state index is 8.74. The number of halogens is 2. The van der Waals surface area contributed by atoms with E-state index in [-0.39, 0.29) is 15.9 Å². The van der Waals surface area contributed by atoms with Crippen LogP contribution in [-0.4, -0.2) is 13.7 Å². The molecule has 0 N–H and O–H groups in total. The molecule has 4 nitrogen and oxygen atoms in total. The first-order chi connectivity index (χ1) is 6.24. The van der Waals surface area contributed by atoms with Crippen molar-refractivity contribution in [3.63, 3.8) is 0 Å². The number of hydrogen-bond donors (Lipinski definition) is 0. The molecule has 2 aliphatic rings. The molecule has 0 radical (unpaired) electrons. The largest absolute Gasteiger partial charge is 0.214 e. The molecule has 2 aliphatic heterocycles. The first-order valence-corrected chi connectivity index (χ1v) is 4.60. The standard InChI is InChI=1S/C6Cl2N4S/c7-4-2(1-9)3-5(8)11-13-12-6(3)10-4. The lowest BCUT2D eigenvalue weighted by Gasteiger charge is -1.94. The van der Waals surface area contributed by atoms with Crippen LogP contribution < -0.4 is 0 Å². The van der Waals surface area contributed by atoms with E-state index in [1.54, 1.807) is 0 Å².